The van der Waals surface area contributed by atoms with E-state index in [2.05, 4.69) is 15.9 Å². The summed E-state index contributed by atoms with van der Waals surface area (Å²) < 4.78 is 1.02. The van der Waals surface area contributed by atoms with Gasteiger partial charge in [-0.05, 0) is 30.9 Å². The first-order valence-corrected chi connectivity index (χ1v) is 6.90. The standard InChI is InChI=1S/C14H17BrO2/c15-12-7-3-2-6-11(12)10-14(13(16)17)8-4-1-5-9-14/h2-3,6-7H,1,4-5,8-10H2,(H,16,17). The molecule has 1 aliphatic carbocycles. The fraction of sp³-hybridized carbons (Fsp3) is 0.500. The Morgan fingerprint density at radius 3 is 2.47 bits per heavy atom. The molecule has 0 bridgehead atoms. The molecule has 17 heavy (non-hydrogen) atoms. The lowest BCUT2D eigenvalue weighted by Gasteiger charge is -2.33. The number of halogens is 1. The molecule has 92 valence electrons. The number of carbonyl (C=O) groups is 1. The van der Waals surface area contributed by atoms with Crippen LogP contribution in [0.4, 0.5) is 0 Å². The molecule has 2 nitrogen and oxygen atoms in total. The maximum Gasteiger partial charge on any atom is 0.309 e. The van der Waals surface area contributed by atoms with E-state index in [0.717, 1.165) is 35.7 Å². The molecule has 0 aromatic heterocycles. The van der Waals surface area contributed by atoms with Gasteiger partial charge < -0.3 is 5.11 Å². The summed E-state index contributed by atoms with van der Waals surface area (Å²) >= 11 is 3.50. The summed E-state index contributed by atoms with van der Waals surface area (Å²) in [7, 11) is 0. The fourth-order valence-corrected chi connectivity index (χ4v) is 3.13. The highest BCUT2D eigenvalue weighted by molar-refractivity contribution is 9.10. The fourth-order valence-electron chi connectivity index (χ4n) is 2.70. The number of carboxylic acids is 1. The van der Waals surface area contributed by atoms with Crippen molar-refractivity contribution in [3.05, 3.63) is 34.3 Å². The van der Waals surface area contributed by atoms with Gasteiger partial charge in [0, 0.05) is 4.47 Å². The summed E-state index contributed by atoms with van der Waals surface area (Å²) in [6.45, 7) is 0. The summed E-state index contributed by atoms with van der Waals surface area (Å²) in [4.78, 5) is 11.6. The van der Waals surface area contributed by atoms with Crippen LogP contribution >= 0.6 is 15.9 Å². The molecule has 0 atom stereocenters. The van der Waals surface area contributed by atoms with Crippen molar-refractivity contribution in [3.63, 3.8) is 0 Å². The molecule has 1 saturated carbocycles. The molecule has 1 aromatic carbocycles. The molecular formula is C14H17BrO2. The van der Waals surface area contributed by atoms with Crippen LogP contribution in [0.25, 0.3) is 0 Å². The zero-order valence-corrected chi connectivity index (χ0v) is 11.4. The van der Waals surface area contributed by atoms with E-state index in [-0.39, 0.29) is 0 Å². The Bertz CT molecular complexity index is 408. The second-order valence-corrected chi connectivity index (χ2v) is 5.77. The molecule has 1 aromatic rings. The minimum Gasteiger partial charge on any atom is -0.481 e. The van der Waals surface area contributed by atoms with Crippen molar-refractivity contribution in [2.24, 2.45) is 5.41 Å². The molecular weight excluding hydrogens is 280 g/mol. The Morgan fingerprint density at radius 1 is 1.24 bits per heavy atom. The predicted molar refractivity (Wildman–Crippen MR) is 71.0 cm³/mol. The number of hydrogen-bond donors (Lipinski definition) is 1. The topological polar surface area (TPSA) is 37.3 Å². The molecule has 0 amide bonds. The van der Waals surface area contributed by atoms with Crippen LogP contribution in [0.2, 0.25) is 0 Å². The Labute approximate surface area is 110 Å². The summed E-state index contributed by atoms with van der Waals surface area (Å²) in [5, 5.41) is 9.53. The van der Waals surface area contributed by atoms with Crippen LogP contribution in [0.1, 0.15) is 37.7 Å². The molecule has 0 spiro atoms. The van der Waals surface area contributed by atoms with Crippen molar-refractivity contribution in [2.45, 2.75) is 38.5 Å². The van der Waals surface area contributed by atoms with Crippen molar-refractivity contribution in [1.82, 2.24) is 0 Å². The first-order chi connectivity index (χ1) is 8.14. The van der Waals surface area contributed by atoms with E-state index in [1.54, 1.807) is 0 Å². The highest BCUT2D eigenvalue weighted by Crippen LogP contribution is 2.40. The van der Waals surface area contributed by atoms with Crippen LogP contribution in [-0.4, -0.2) is 11.1 Å². The average molecular weight is 297 g/mol. The molecule has 1 aliphatic rings. The van der Waals surface area contributed by atoms with Gasteiger partial charge in [0.25, 0.3) is 0 Å². The lowest BCUT2D eigenvalue weighted by atomic mass is 9.70. The smallest absolute Gasteiger partial charge is 0.309 e. The number of rotatable bonds is 3. The van der Waals surface area contributed by atoms with Crippen molar-refractivity contribution in [3.8, 4) is 0 Å². The Morgan fingerprint density at radius 2 is 1.88 bits per heavy atom. The van der Waals surface area contributed by atoms with Gasteiger partial charge in [0.2, 0.25) is 0 Å². The molecule has 1 fully saturated rings. The highest BCUT2D eigenvalue weighted by Gasteiger charge is 2.39. The largest absolute Gasteiger partial charge is 0.481 e. The number of carboxylic acid groups (broad SMARTS) is 1. The van der Waals surface area contributed by atoms with Gasteiger partial charge in [0.05, 0.1) is 5.41 Å². The summed E-state index contributed by atoms with van der Waals surface area (Å²) in [6.07, 6.45) is 5.51. The molecule has 0 saturated heterocycles. The lowest BCUT2D eigenvalue weighted by molar-refractivity contribution is -0.151. The average Bonchev–Trinajstić information content (AvgIpc) is 2.33. The summed E-state index contributed by atoms with van der Waals surface area (Å²) in [6, 6.07) is 7.93. The number of aliphatic carboxylic acids is 1. The Kier molecular flexibility index (Phi) is 3.87. The van der Waals surface area contributed by atoms with Gasteiger partial charge in [0.15, 0.2) is 0 Å². The third kappa shape index (κ3) is 2.71. The third-order valence-corrected chi connectivity index (χ3v) is 4.52. The molecule has 1 N–H and O–H groups in total. The lowest BCUT2D eigenvalue weighted by Crippen LogP contribution is -2.35. The second-order valence-electron chi connectivity index (χ2n) is 4.91. The monoisotopic (exact) mass is 296 g/mol. The quantitative estimate of drug-likeness (QED) is 0.914. The van der Waals surface area contributed by atoms with Crippen LogP contribution in [-0.2, 0) is 11.2 Å². The van der Waals surface area contributed by atoms with Crippen LogP contribution in [0.15, 0.2) is 28.7 Å². The summed E-state index contributed by atoms with van der Waals surface area (Å²) in [5.74, 6) is -0.632. The van der Waals surface area contributed by atoms with E-state index in [1.165, 1.54) is 6.42 Å². The highest BCUT2D eigenvalue weighted by atomic mass is 79.9. The molecule has 0 unspecified atom stereocenters. The van der Waals surface area contributed by atoms with E-state index >= 15 is 0 Å². The van der Waals surface area contributed by atoms with Crippen molar-refractivity contribution in [1.29, 1.82) is 0 Å². The third-order valence-electron chi connectivity index (χ3n) is 3.75. The Balaban J connectivity index is 2.24. The van der Waals surface area contributed by atoms with E-state index in [1.807, 2.05) is 24.3 Å². The van der Waals surface area contributed by atoms with Crippen LogP contribution in [0, 0.1) is 5.41 Å². The zero-order chi connectivity index (χ0) is 12.3. The first-order valence-electron chi connectivity index (χ1n) is 6.11. The van der Waals surface area contributed by atoms with Gasteiger partial charge in [-0.1, -0.05) is 53.4 Å². The minimum atomic E-state index is -0.632. The molecule has 2 rings (SSSR count). The van der Waals surface area contributed by atoms with Crippen LogP contribution in [0.5, 0.6) is 0 Å². The van der Waals surface area contributed by atoms with Crippen LogP contribution < -0.4 is 0 Å². The SMILES string of the molecule is O=C(O)C1(Cc2ccccc2Br)CCCCC1. The molecule has 3 heteroatoms. The van der Waals surface area contributed by atoms with E-state index in [0.29, 0.717) is 6.42 Å². The van der Waals surface area contributed by atoms with Gasteiger partial charge in [-0.25, -0.2) is 0 Å². The molecule has 0 aliphatic heterocycles. The second kappa shape index (κ2) is 5.21. The maximum atomic E-state index is 11.6. The van der Waals surface area contributed by atoms with Gasteiger partial charge in [-0.2, -0.15) is 0 Å². The van der Waals surface area contributed by atoms with E-state index in [9.17, 15) is 9.90 Å². The minimum absolute atomic E-state index is 0.540. The van der Waals surface area contributed by atoms with Gasteiger partial charge >= 0.3 is 5.97 Å². The van der Waals surface area contributed by atoms with E-state index in [4.69, 9.17) is 0 Å². The number of benzene rings is 1. The normalized spacial score (nSPS) is 18.9. The van der Waals surface area contributed by atoms with Crippen molar-refractivity contribution < 1.29 is 9.90 Å². The summed E-state index contributed by atoms with van der Waals surface area (Å²) in [5.41, 5.74) is 0.569. The predicted octanol–water partition coefficient (Wildman–Crippen LogP) is 4.03. The van der Waals surface area contributed by atoms with Crippen molar-refractivity contribution in [2.75, 3.05) is 0 Å². The van der Waals surface area contributed by atoms with E-state index < -0.39 is 11.4 Å². The molecule has 0 radical (unpaired) electrons. The number of hydrogen-bond acceptors (Lipinski definition) is 1. The van der Waals surface area contributed by atoms with Crippen LogP contribution in [0.3, 0.4) is 0 Å². The molecule has 0 heterocycles. The van der Waals surface area contributed by atoms with Gasteiger partial charge in [0.1, 0.15) is 0 Å². The van der Waals surface area contributed by atoms with Gasteiger partial charge in [-0.15, -0.1) is 0 Å². The maximum absolute atomic E-state index is 11.6. The zero-order valence-electron chi connectivity index (χ0n) is 9.79. The van der Waals surface area contributed by atoms with Gasteiger partial charge in [-0.3, -0.25) is 4.79 Å². The Hall–Kier alpha value is -0.830. The van der Waals surface area contributed by atoms with Crippen molar-refractivity contribution >= 4 is 21.9 Å². The first kappa shape index (κ1) is 12.6.